The number of carboxylic acids is 1. The molecule has 0 radical (unpaired) electrons. The van der Waals surface area contributed by atoms with E-state index in [1.807, 2.05) is 0 Å². The van der Waals surface area contributed by atoms with Gasteiger partial charge in [0.05, 0.1) is 0 Å². The molecule has 58 valence electrons. The third kappa shape index (κ3) is 3890. The molecule has 0 rings (SSSR count). The van der Waals surface area contributed by atoms with Gasteiger partial charge >= 0.3 is 40.0 Å². The molecule has 0 spiro atoms. The summed E-state index contributed by atoms with van der Waals surface area (Å²) >= 11 is 0. The summed E-state index contributed by atoms with van der Waals surface area (Å²) in [4.78, 5) is 9.00. The molecule has 0 aliphatic heterocycles. The number of rotatable bonds is 0. The minimum absolute atomic E-state index is 0. The van der Waals surface area contributed by atoms with Gasteiger partial charge in [0, 0.05) is 6.92 Å². The van der Waals surface area contributed by atoms with Gasteiger partial charge in [0.1, 0.15) is 0 Å². The van der Waals surface area contributed by atoms with Crippen LogP contribution in [0, 0.1) is 0 Å². The molecule has 0 aliphatic rings. The largest absolute Gasteiger partial charge is 1.00 e. The van der Waals surface area contributed by atoms with Crippen LogP contribution < -0.4 is 29.6 Å². The number of carbonyl (C=O) groups is 1. The van der Waals surface area contributed by atoms with Crippen molar-refractivity contribution < 1.29 is 58.4 Å². The van der Waals surface area contributed by atoms with Gasteiger partial charge in [0.15, 0.2) is 0 Å². The van der Waals surface area contributed by atoms with Gasteiger partial charge in [-0.25, -0.2) is 0 Å². The van der Waals surface area contributed by atoms with Gasteiger partial charge in [0.25, 0.3) is 5.97 Å². The van der Waals surface area contributed by atoms with Crippen molar-refractivity contribution in [1.29, 1.82) is 0 Å². The van der Waals surface area contributed by atoms with E-state index in [-0.39, 0.29) is 31.0 Å². The predicted octanol–water partition coefficient (Wildman–Crippen LogP) is -3.45. The summed E-state index contributed by atoms with van der Waals surface area (Å²) < 4.78 is 31.6. The van der Waals surface area contributed by atoms with Gasteiger partial charge in [-0.3, -0.25) is 13.9 Å². The van der Waals surface area contributed by atoms with E-state index in [1.54, 1.807) is 0 Å². The SMILES string of the molecule is CC(=O)O.O=S(=O)(O)O.[H-].[Na+]. The van der Waals surface area contributed by atoms with Crippen molar-refractivity contribution in [2.45, 2.75) is 6.92 Å². The second-order valence-electron chi connectivity index (χ2n) is 0.967. The van der Waals surface area contributed by atoms with Crippen molar-refractivity contribution in [3.05, 3.63) is 0 Å². The van der Waals surface area contributed by atoms with Crippen LogP contribution in [0.15, 0.2) is 0 Å². The summed E-state index contributed by atoms with van der Waals surface area (Å²) in [7, 11) is -4.67. The van der Waals surface area contributed by atoms with Gasteiger partial charge in [-0.05, 0) is 0 Å². The molecule has 0 heterocycles. The normalized spacial score (nSPS) is 8.30. The van der Waals surface area contributed by atoms with Crippen molar-refractivity contribution in [2.24, 2.45) is 0 Å². The van der Waals surface area contributed by atoms with E-state index >= 15 is 0 Å². The van der Waals surface area contributed by atoms with Gasteiger partial charge in [-0.15, -0.1) is 0 Å². The second kappa shape index (κ2) is 7.45. The van der Waals surface area contributed by atoms with E-state index in [0.717, 1.165) is 6.92 Å². The van der Waals surface area contributed by atoms with Crippen molar-refractivity contribution in [1.82, 2.24) is 0 Å². The molecular weight excluding hydrogens is 175 g/mol. The molecule has 3 N–H and O–H groups in total. The Morgan fingerprint density at radius 1 is 1.40 bits per heavy atom. The smallest absolute Gasteiger partial charge is 1.00 e. The Balaban J connectivity index is -0.0000000383. The molecule has 0 aliphatic carbocycles. The van der Waals surface area contributed by atoms with Gasteiger partial charge in [-0.2, -0.15) is 8.42 Å². The fourth-order valence-electron chi connectivity index (χ4n) is 0. The molecule has 0 fully saturated rings. The van der Waals surface area contributed by atoms with Gasteiger partial charge in [-0.1, -0.05) is 0 Å². The maximum atomic E-state index is 9.00. The van der Waals surface area contributed by atoms with Crippen LogP contribution in [0.4, 0.5) is 0 Å². The zero-order chi connectivity index (χ0) is 8.08. The molecule has 0 saturated heterocycles. The fourth-order valence-corrected chi connectivity index (χ4v) is 0. The number of hydrogen-bond acceptors (Lipinski definition) is 3. The first kappa shape index (κ1) is 16.7. The Labute approximate surface area is 81.6 Å². The van der Waals surface area contributed by atoms with Gasteiger partial charge < -0.3 is 6.53 Å². The van der Waals surface area contributed by atoms with Crippen molar-refractivity contribution in [3.63, 3.8) is 0 Å². The average molecular weight is 182 g/mol. The monoisotopic (exact) mass is 182 g/mol. The molecule has 0 atom stereocenters. The van der Waals surface area contributed by atoms with E-state index in [1.165, 1.54) is 0 Å². The summed E-state index contributed by atoms with van der Waals surface area (Å²) in [5, 5.41) is 7.42. The Hall–Kier alpha value is 0.340. The predicted molar refractivity (Wildman–Crippen MR) is 28.6 cm³/mol. The fraction of sp³-hybridized carbons (Fsp3) is 0.500. The summed E-state index contributed by atoms with van der Waals surface area (Å²) in [5.41, 5.74) is 0. The van der Waals surface area contributed by atoms with E-state index in [9.17, 15) is 0 Å². The van der Waals surface area contributed by atoms with E-state index in [2.05, 4.69) is 0 Å². The molecule has 0 aromatic carbocycles. The van der Waals surface area contributed by atoms with Crippen molar-refractivity contribution in [3.8, 4) is 0 Å². The molecule has 0 unspecified atom stereocenters. The topological polar surface area (TPSA) is 112 Å². The van der Waals surface area contributed by atoms with Crippen LogP contribution in [0.3, 0.4) is 0 Å². The maximum Gasteiger partial charge on any atom is 1.00 e. The van der Waals surface area contributed by atoms with Crippen LogP contribution in [0.5, 0.6) is 0 Å². The molecule has 0 saturated carbocycles. The van der Waals surface area contributed by atoms with Gasteiger partial charge in [0.2, 0.25) is 0 Å². The molecule has 0 aromatic rings. The van der Waals surface area contributed by atoms with Crippen LogP contribution in [-0.2, 0) is 15.2 Å². The molecular formula is C2H7NaO6S. The first-order valence-electron chi connectivity index (χ1n) is 1.63. The first-order chi connectivity index (χ1) is 3.73. The maximum absolute atomic E-state index is 9.00. The Bertz CT molecular complexity index is 163. The first-order valence-corrected chi connectivity index (χ1v) is 3.02. The van der Waals surface area contributed by atoms with Crippen LogP contribution in [0.2, 0.25) is 0 Å². The Morgan fingerprint density at radius 3 is 1.40 bits per heavy atom. The molecule has 6 nitrogen and oxygen atoms in total. The zero-order valence-electron chi connectivity index (χ0n) is 6.47. The van der Waals surface area contributed by atoms with Crippen molar-refractivity contribution in [2.75, 3.05) is 0 Å². The van der Waals surface area contributed by atoms with Crippen molar-refractivity contribution >= 4 is 16.4 Å². The minimum Gasteiger partial charge on any atom is -1.00 e. The number of carboxylic acid groups (broad SMARTS) is 1. The van der Waals surface area contributed by atoms with E-state index < -0.39 is 16.4 Å². The standard InChI is InChI=1S/C2H4O2.Na.H2O4S.H/c1-2(3)4;;1-5(2,3)4;/h1H3,(H,3,4);;(H2,1,2,3,4);/q;+1;;-1. The Morgan fingerprint density at radius 2 is 1.40 bits per heavy atom. The third-order valence-electron chi connectivity index (χ3n) is 0. The third-order valence-corrected chi connectivity index (χ3v) is 0. The number of aliphatic carboxylic acids is 1. The summed E-state index contributed by atoms with van der Waals surface area (Å²) in [6.07, 6.45) is 0. The summed E-state index contributed by atoms with van der Waals surface area (Å²) in [6, 6.07) is 0. The van der Waals surface area contributed by atoms with Crippen LogP contribution in [-0.4, -0.2) is 28.6 Å². The quantitative estimate of drug-likeness (QED) is 0.265. The van der Waals surface area contributed by atoms with Crippen LogP contribution in [0.25, 0.3) is 0 Å². The average Bonchev–Trinajstić information content (AvgIpc) is 1.19. The van der Waals surface area contributed by atoms with Crippen LogP contribution in [0.1, 0.15) is 8.35 Å². The zero-order valence-corrected chi connectivity index (χ0v) is 8.29. The molecule has 0 amide bonds. The molecule has 0 bridgehead atoms. The molecule has 10 heavy (non-hydrogen) atoms. The summed E-state index contributed by atoms with van der Waals surface area (Å²) in [6.45, 7) is 1.08. The molecule has 8 heteroatoms. The van der Waals surface area contributed by atoms with Crippen LogP contribution >= 0.6 is 0 Å². The molecule has 0 aromatic heterocycles. The summed E-state index contributed by atoms with van der Waals surface area (Å²) in [5.74, 6) is -0.833. The Kier molecular flexibility index (Phi) is 12.5. The second-order valence-corrected chi connectivity index (χ2v) is 1.86. The van der Waals surface area contributed by atoms with E-state index in [0.29, 0.717) is 0 Å². The van der Waals surface area contributed by atoms with E-state index in [4.69, 9.17) is 27.4 Å². The number of hydrogen-bond donors (Lipinski definition) is 3. The minimum atomic E-state index is -4.67.